The lowest BCUT2D eigenvalue weighted by Gasteiger charge is -2.28. The number of carbonyl (C=O) groups is 1. The van der Waals surface area contributed by atoms with Crippen LogP contribution in [-0.2, 0) is 10.1 Å². The number of aromatic carboxylic acids is 1. The molecule has 1 aromatic rings. The zero-order valence-electron chi connectivity index (χ0n) is 19.6. The second-order valence-electron chi connectivity index (χ2n) is 8.09. The third-order valence-electron chi connectivity index (χ3n) is 5.43. The fourth-order valence-corrected chi connectivity index (χ4v) is 9.27. The summed E-state index contributed by atoms with van der Waals surface area (Å²) in [7, 11) is -5.26. The quantitative estimate of drug-likeness (QED) is 0.244. The van der Waals surface area contributed by atoms with Crippen LogP contribution >= 0.6 is 7.26 Å². The molecular weight excluding hydrogens is 435 g/mol. The number of carboxylic acid groups (broad SMARTS) is 1. The van der Waals surface area contributed by atoms with E-state index in [2.05, 4.69) is 27.7 Å². The molecule has 0 aliphatic rings. The summed E-state index contributed by atoms with van der Waals surface area (Å²) in [6, 6.07) is 2.29. The predicted octanol–water partition coefficient (Wildman–Crippen LogP) is 6.20. The highest BCUT2D eigenvalue weighted by Gasteiger charge is 2.34. The van der Waals surface area contributed by atoms with Gasteiger partial charge in [0.05, 0.1) is 29.5 Å². The van der Waals surface area contributed by atoms with Crippen molar-refractivity contribution in [3.05, 3.63) is 23.8 Å². The second kappa shape index (κ2) is 15.6. The van der Waals surface area contributed by atoms with Crippen LogP contribution < -0.4 is 0 Å². The molecule has 31 heavy (non-hydrogen) atoms. The Labute approximate surface area is 189 Å². The lowest BCUT2D eigenvalue weighted by Crippen LogP contribution is -2.12. The summed E-state index contributed by atoms with van der Waals surface area (Å²) >= 11 is 0. The van der Waals surface area contributed by atoms with Gasteiger partial charge in [-0.05, 0) is 43.9 Å². The second-order valence-corrected chi connectivity index (χ2v) is 13.9. The normalized spacial score (nSPS) is 11.6. The van der Waals surface area contributed by atoms with Gasteiger partial charge in [0.15, 0.2) is 0 Å². The summed E-state index contributed by atoms with van der Waals surface area (Å²) in [4.78, 5) is 9.76. The van der Waals surface area contributed by atoms with Crippen LogP contribution in [0.2, 0.25) is 0 Å². The molecule has 0 radical (unpaired) electrons. The molecule has 0 aromatic heterocycles. The molecule has 180 valence electrons. The zero-order chi connectivity index (χ0) is 23.9. The highest BCUT2D eigenvalue weighted by molar-refractivity contribution is 7.85. The van der Waals surface area contributed by atoms with E-state index >= 15 is 0 Å². The molecule has 0 aliphatic heterocycles. The predicted molar refractivity (Wildman–Crippen MR) is 129 cm³/mol. The number of aromatic hydroxyl groups is 1. The molecular formula is C23H41O6PS. The molecule has 0 saturated carbocycles. The van der Waals surface area contributed by atoms with E-state index in [0.717, 1.165) is 12.1 Å². The van der Waals surface area contributed by atoms with E-state index in [9.17, 15) is 17.8 Å². The topological polar surface area (TPSA) is 115 Å². The highest BCUT2D eigenvalue weighted by Crippen LogP contribution is 2.61. The lowest BCUT2D eigenvalue weighted by atomic mass is 10.2. The maximum atomic E-state index is 10.5. The van der Waals surface area contributed by atoms with Gasteiger partial charge >= 0.3 is 5.97 Å². The molecule has 0 fully saturated rings. The molecule has 1 rings (SSSR count). The molecule has 0 spiro atoms. The van der Waals surface area contributed by atoms with Crippen molar-refractivity contribution in [3.8, 4) is 5.75 Å². The van der Waals surface area contributed by atoms with Crippen molar-refractivity contribution in [2.24, 2.45) is 0 Å². The van der Waals surface area contributed by atoms with Crippen LogP contribution in [0.25, 0.3) is 0 Å². The minimum absolute atomic E-state index is 0.562. The Balaban J connectivity index is 0.000000590. The van der Waals surface area contributed by atoms with Gasteiger partial charge in [-0.1, -0.05) is 53.4 Å². The molecule has 0 aliphatic carbocycles. The molecule has 6 nitrogen and oxygen atoms in total. The van der Waals surface area contributed by atoms with Crippen molar-refractivity contribution in [1.29, 1.82) is 0 Å². The van der Waals surface area contributed by atoms with Crippen LogP contribution in [0.15, 0.2) is 23.1 Å². The molecule has 2 N–H and O–H groups in total. The number of phenols is 1. The smallest absolute Gasteiger partial charge is 0.339 e. The maximum Gasteiger partial charge on any atom is 0.339 e. The standard InChI is InChI=1S/C16H36P.C7H6O6S/c1-5-9-13-17(14-10-6-2,15-11-7-3)16-12-8-4;8-6-2-1-4(14(11,12)13)3-5(6)7(9)10/h5-16H2,1-4H3;1-3,8H,(H,9,10)(H,11,12,13)/q+1;/p-1. The van der Waals surface area contributed by atoms with Crippen molar-refractivity contribution in [1.82, 2.24) is 0 Å². The minimum Gasteiger partial charge on any atom is -0.744 e. The molecule has 1 aromatic carbocycles. The SMILES string of the molecule is CCCC[P+](CCCC)(CCCC)CCCC.O=C(O)c1cc(S(=O)(=O)[O-])ccc1O. The number of hydrogen-bond donors (Lipinski definition) is 2. The van der Waals surface area contributed by atoms with Gasteiger partial charge in [-0.2, -0.15) is 0 Å². The summed E-state index contributed by atoms with van der Waals surface area (Å²) in [6.45, 7) is 9.42. The van der Waals surface area contributed by atoms with Gasteiger partial charge < -0.3 is 14.8 Å². The van der Waals surface area contributed by atoms with Gasteiger partial charge in [0.25, 0.3) is 0 Å². The molecule has 0 heterocycles. The van der Waals surface area contributed by atoms with E-state index < -0.39 is 39.6 Å². The zero-order valence-corrected chi connectivity index (χ0v) is 21.3. The first-order valence-corrected chi connectivity index (χ1v) is 15.4. The van der Waals surface area contributed by atoms with Gasteiger partial charge in [-0.25, -0.2) is 13.2 Å². The molecule has 0 unspecified atom stereocenters. The van der Waals surface area contributed by atoms with Gasteiger partial charge in [0.2, 0.25) is 0 Å². The summed E-state index contributed by atoms with van der Waals surface area (Å²) < 4.78 is 31.5. The summed E-state index contributed by atoms with van der Waals surface area (Å²) in [6.07, 6.45) is 17.9. The third-order valence-corrected chi connectivity index (χ3v) is 11.3. The van der Waals surface area contributed by atoms with Crippen molar-refractivity contribution in [2.45, 2.75) is 84.0 Å². The molecule has 0 saturated heterocycles. The van der Waals surface area contributed by atoms with Crippen LogP contribution in [-0.4, -0.2) is 53.8 Å². The van der Waals surface area contributed by atoms with Crippen molar-refractivity contribution >= 4 is 23.3 Å². The van der Waals surface area contributed by atoms with Crippen LogP contribution in [0.1, 0.15) is 89.4 Å². The summed E-state index contributed by atoms with van der Waals surface area (Å²) in [5.41, 5.74) is -0.623. The Morgan fingerprint density at radius 1 is 0.871 bits per heavy atom. The fraction of sp³-hybridized carbons (Fsp3) is 0.696. The lowest BCUT2D eigenvalue weighted by molar-refractivity contribution is 0.0693. The molecule has 0 atom stereocenters. The minimum atomic E-state index is -4.70. The van der Waals surface area contributed by atoms with Crippen LogP contribution in [0, 0.1) is 0 Å². The molecule has 0 bridgehead atoms. The number of hydrogen-bond acceptors (Lipinski definition) is 5. The first-order valence-electron chi connectivity index (χ1n) is 11.4. The van der Waals surface area contributed by atoms with E-state index in [0.29, 0.717) is 6.07 Å². The molecule has 8 heteroatoms. The average Bonchev–Trinajstić information content (AvgIpc) is 2.72. The Morgan fingerprint density at radius 2 is 1.26 bits per heavy atom. The summed E-state index contributed by atoms with van der Waals surface area (Å²) in [5, 5.41) is 17.5. The van der Waals surface area contributed by atoms with Gasteiger partial charge in [0.1, 0.15) is 21.4 Å². The van der Waals surface area contributed by atoms with E-state index in [1.54, 1.807) is 24.6 Å². The number of unbranched alkanes of at least 4 members (excludes halogenated alkanes) is 4. The third kappa shape index (κ3) is 11.9. The first-order chi connectivity index (χ1) is 14.6. The average molecular weight is 477 g/mol. The highest BCUT2D eigenvalue weighted by atomic mass is 32.2. The Hall–Kier alpha value is -1.17. The monoisotopic (exact) mass is 476 g/mol. The van der Waals surface area contributed by atoms with Crippen LogP contribution in [0.5, 0.6) is 5.75 Å². The Bertz CT molecular complexity index is 711. The largest absolute Gasteiger partial charge is 0.744 e. The van der Waals surface area contributed by atoms with Crippen LogP contribution in [0.4, 0.5) is 0 Å². The van der Waals surface area contributed by atoms with Crippen molar-refractivity contribution in [3.63, 3.8) is 0 Å². The van der Waals surface area contributed by atoms with E-state index in [4.69, 9.17) is 10.2 Å². The maximum absolute atomic E-state index is 10.5. The van der Waals surface area contributed by atoms with Gasteiger partial charge in [-0.15, -0.1) is 0 Å². The Kier molecular flexibility index (Phi) is 15.0. The van der Waals surface area contributed by atoms with E-state index in [1.165, 1.54) is 51.4 Å². The Morgan fingerprint density at radius 3 is 1.55 bits per heavy atom. The number of benzene rings is 1. The summed E-state index contributed by atoms with van der Waals surface area (Å²) in [5.74, 6) is -2.10. The van der Waals surface area contributed by atoms with Gasteiger partial charge in [-0.3, -0.25) is 0 Å². The van der Waals surface area contributed by atoms with Gasteiger partial charge in [0, 0.05) is 7.26 Å². The van der Waals surface area contributed by atoms with Crippen molar-refractivity contribution in [2.75, 3.05) is 24.6 Å². The molecule has 0 amide bonds. The van der Waals surface area contributed by atoms with Crippen LogP contribution in [0.3, 0.4) is 0 Å². The van der Waals surface area contributed by atoms with E-state index in [1.807, 2.05) is 0 Å². The first kappa shape index (κ1) is 29.8. The number of rotatable bonds is 14. The fourth-order valence-electron chi connectivity index (χ4n) is 3.49. The van der Waals surface area contributed by atoms with Crippen molar-refractivity contribution < 1.29 is 28.0 Å². The number of carboxylic acids is 1. The van der Waals surface area contributed by atoms with E-state index in [-0.39, 0.29) is 0 Å².